The van der Waals surface area contributed by atoms with Gasteiger partial charge < -0.3 is 18.6 Å². The molecule has 0 amide bonds. The van der Waals surface area contributed by atoms with Crippen LogP contribution in [0, 0.1) is 0 Å². The molecule has 4 atom stereocenters. The average molecular weight is 344 g/mol. The molecule has 2 aliphatic rings. The van der Waals surface area contributed by atoms with Gasteiger partial charge in [-0.2, -0.15) is 0 Å². The van der Waals surface area contributed by atoms with E-state index in [0.717, 1.165) is 0 Å². The molecule has 2 saturated heterocycles. The molecule has 0 aromatic carbocycles. The molecule has 0 saturated carbocycles. The van der Waals surface area contributed by atoms with Crippen LogP contribution in [0.25, 0.3) is 10.4 Å². The van der Waals surface area contributed by atoms with Gasteiger partial charge in [0.2, 0.25) is 0 Å². The zero-order valence-electron chi connectivity index (χ0n) is 15.2. The predicted molar refractivity (Wildman–Crippen MR) is 89.4 cm³/mol. The molecule has 0 unspecified atom stereocenters. The molecule has 2 heterocycles. The van der Waals surface area contributed by atoms with Gasteiger partial charge in [-0.05, 0) is 37.5 Å². The third-order valence-corrected chi connectivity index (χ3v) is 9.45. The summed E-state index contributed by atoms with van der Waals surface area (Å²) >= 11 is 0. The van der Waals surface area contributed by atoms with Gasteiger partial charge in [-0.15, -0.1) is 0 Å². The van der Waals surface area contributed by atoms with Gasteiger partial charge in [-0.3, -0.25) is 0 Å². The second kappa shape index (κ2) is 6.35. The van der Waals surface area contributed by atoms with Gasteiger partial charge >= 0.3 is 0 Å². The minimum absolute atomic E-state index is 0.123. The number of hydrogen-bond acceptors (Lipinski definition) is 5. The molecule has 0 aliphatic carbocycles. The summed E-state index contributed by atoms with van der Waals surface area (Å²) in [6, 6.07) is 0. The van der Waals surface area contributed by atoms with Crippen LogP contribution in [0.5, 0.6) is 0 Å². The molecule has 0 spiro atoms. The maximum absolute atomic E-state index is 8.70. The quantitative estimate of drug-likeness (QED) is 0.335. The molecule has 2 rings (SSSR count). The zero-order valence-corrected chi connectivity index (χ0v) is 16.2. The number of azide groups is 1. The summed E-state index contributed by atoms with van der Waals surface area (Å²) in [5.41, 5.74) is 8.70. The molecular weight excluding hydrogens is 314 g/mol. The topological polar surface area (TPSA) is 85.7 Å². The lowest BCUT2D eigenvalue weighted by Crippen LogP contribution is -2.51. The van der Waals surface area contributed by atoms with Crippen LogP contribution in [0.3, 0.4) is 0 Å². The molecule has 2 fully saturated rings. The molecule has 0 radical (unpaired) electrons. The van der Waals surface area contributed by atoms with E-state index >= 15 is 0 Å². The van der Waals surface area contributed by atoms with Gasteiger partial charge in [0.25, 0.3) is 0 Å². The van der Waals surface area contributed by atoms with Crippen LogP contribution in [-0.4, -0.2) is 45.3 Å². The van der Waals surface area contributed by atoms with Gasteiger partial charge in [0.1, 0.15) is 18.4 Å². The summed E-state index contributed by atoms with van der Waals surface area (Å²) in [6.07, 6.45) is -0.650. The van der Waals surface area contributed by atoms with Crippen molar-refractivity contribution >= 4 is 8.32 Å². The summed E-state index contributed by atoms with van der Waals surface area (Å²) < 4.78 is 24.1. The Morgan fingerprint density at radius 1 is 1.30 bits per heavy atom. The third-order valence-electron chi connectivity index (χ3n) is 4.95. The Morgan fingerprint density at radius 3 is 2.52 bits per heavy atom. The lowest BCUT2D eigenvalue weighted by molar-refractivity contribution is -0.163. The summed E-state index contributed by atoms with van der Waals surface area (Å²) in [5, 5.41) is 3.84. The van der Waals surface area contributed by atoms with E-state index in [1.807, 2.05) is 13.8 Å². The molecule has 23 heavy (non-hydrogen) atoms. The van der Waals surface area contributed by atoms with Crippen molar-refractivity contribution in [2.24, 2.45) is 5.11 Å². The first-order valence-electron chi connectivity index (χ1n) is 8.14. The Bertz CT molecular complexity index is 486. The summed E-state index contributed by atoms with van der Waals surface area (Å²) in [7, 11) is -1.89. The highest BCUT2D eigenvalue weighted by Crippen LogP contribution is 2.40. The second-order valence-corrected chi connectivity index (χ2v) is 13.1. The minimum Gasteiger partial charge on any atom is -0.414 e. The van der Waals surface area contributed by atoms with Crippen LogP contribution in [-0.2, 0) is 18.6 Å². The lowest BCUT2D eigenvalue weighted by atomic mass is 10.0. The number of rotatable bonds is 4. The minimum atomic E-state index is -1.89. The molecule has 8 heteroatoms. The Hall–Kier alpha value is -0.633. The van der Waals surface area contributed by atoms with E-state index < -0.39 is 20.3 Å². The average Bonchev–Trinajstić information content (AvgIpc) is 2.69. The maximum atomic E-state index is 8.70. The SMILES string of the molecule is CC1(C)O[C@H]2[C@@H](CO[Si](C)(C)C(C)(C)C)O[C@H](N=[N+]=[N-])C[C@H]2O1. The monoisotopic (exact) mass is 343 g/mol. The number of hydrogen-bond donors (Lipinski definition) is 0. The number of ether oxygens (including phenoxy) is 3. The van der Waals surface area contributed by atoms with Crippen LogP contribution < -0.4 is 0 Å². The standard InChI is InChI=1S/C15H29N3O4Si/c1-14(2,3)23(6,7)19-9-11-13-10(21-15(4,5)22-13)8-12(20-11)17-18-16/h10-13H,8-9H2,1-7H3/t10-,11-,12+,13-/m1/s1. The van der Waals surface area contributed by atoms with E-state index in [2.05, 4.69) is 43.9 Å². The molecule has 0 aromatic heterocycles. The fraction of sp³-hybridized carbons (Fsp3) is 1.00. The van der Waals surface area contributed by atoms with Crippen molar-refractivity contribution in [1.29, 1.82) is 0 Å². The fourth-order valence-electron chi connectivity index (χ4n) is 2.67. The largest absolute Gasteiger partial charge is 0.414 e. The van der Waals surface area contributed by atoms with Crippen molar-refractivity contribution < 1.29 is 18.6 Å². The van der Waals surface area contributed by atoms with Crippen molar-refractivity contribution in [3.05, 3.63) is 10.4 Å². The van der Waals surface area contributed by atoms with E-state index in [9.17, 15) is 0 Å². The predicted octanol–water partition coefficient (Wildman–Crippen LogP) is 3.95. The van der Waals surface area contributed by atoms with Crippen molar-refractivity contribution in [2.45, 2.75) is 89.5 Å². The Kier molecular flexibility index (Phi) is 5.16. The molecule has 0 N–H and O–H groups in total. The highest BCUT2D eigenvalue weighted by atomic mass is 28.4. The van der Waals surface area contributed by atoms with Crippen LogP contribution >= 0.6 is 0 Å². The first-order chi connectivity index (χ1) is 10.5. The summed E-state index contributed by atoms with van der Waals surface area (Å²) in [5.74, 6) is -0.654. The van der Waals surface area contributed by atoms with Crippen LogP contribution in [0.1, 0.15) is 41.0 Å². The van der Waals surface area contributed by atoms with Crippen LogP contribution in [0.4, 0.5) is 0 Å². The molecule has 0 bridgehead atoms. The molecule has 2 aliphatic heterocycles. The molecule has 7 nitrogen and oxygen atoms in total. The van der Waals surface area contributed by atoms with Crippen LogP contribution in [0.15, 0.2) is 5.11 Å². The lowest BCUT2D eigenvalue weighted by Gasteiger charge is -2.40. The number of nitrogens with zero attached hydrogens (tertiary/aromatic N) is 3. The van der Waals surface area contributed by atoms with Crippen LogP contribution in [0.2, 0.25) is 18.1 Å². The van der Waals surface area contributed by atoms with Crippen molar-refractivity contribution in [1.82, 2.24) is 0 Å². The van der Waals surface area contributed by atoms with Crippen molar-refractivity contribution in [3.63, 3.8) is 0 Å². The second-order valence-electron chi connectivity index (χ2n) is 8.28. The van der Waals surface area contributed by atoms with E-state index in [1.165, 1.54) is 0 Å². The van der Waals surface area contributed by atoms with E-state index in [4.69, 9.17) is 24.2 Å². The summed E-state index contributed by atoms with van der Waals surface area (Å²) in [4.78, 5) is 2.86. The summed E-state index contributed by atoms with van der Waals surface area (Å²) in [6.45, 7) is 15.2. The van der Waals surface area contributed by atoms with Gasteiger partial charge in [-0.25, -0.2) is 0 Å². The first-order valence-corrected chi connectivity index (χ1v) is 11.1. The zero-order chi connectivity index (χ0) is 17.5. The number of fused-ring (bicyclic) bond motifs is 1. The molecular formula is C15H29N3O4Si. The van der Waals surface area contributed by atoms with Gasteiger partial charge in [0.05, 0.1) is 12.7 Å². The fourth-order valence-corrected chi connectivity index (χ4v) is 3.68. The van der Waals surface area contributed by atoms with Gasteiger partial charge in [0.15, 0.2) is 14.1 Å². The molecule has 0 aromatic rings. The Balaban J connectivity index is 2.10. The Labute approximate surface area is 139 Å². The normalized spacial score (nSPS) is 33.9. The Morgan fingerprint density at radius 2 is 1.96 bits per heavy atom. The van der Waals surface area contributed by atoms with Gasteiger partial charge in [-0.1, -0.05) is 25.9 Å². The van der Waals surface area contributed by atoms with Gasteiger partial charge in [0, 0.05) is 11.3 Å². The van der Waals surface area contributed by atoms with E-state index in [0.29, 0.717) is 13.0 Å². The highest BCUT2D eigenvalue weighted by Gasteiger charge is 2.50. The van der Waals surface area contributed by atoms with E-state index in [1.54, 1.807) is 0 Å². The molecule has 132 valence electrons. The third kappa shape index (κ3) is 4.26. The highest BCUT2D eigenvalue weighted by molar-refractivity contribution is 6.74. The van der Waals surface area contributed by atoms with Crippen molar-refractivity contribution in [2.75, 3.05) is 6.61 Å². The van der Waals surface area contributed by atoms with Crippen molar-refractivity contribution in [3.8, 4) is 0 Å². The smallest absolute Gasteiger partial charge is 0.192 e. The maximum Gasteiger partial charge on any atom is 0.192 e. The first kappa shape index (κ1) is 18.7. The van der Waals surface area contributed by atoms with E-state index in [-0.39, 0.29) is 23.4 Å².